The van der Waals surface area contributed by atoms with Crippen LogP contribution in [0, 0.1) is 12.8 Å². The summed E-state index contributed by atoms with van der Waals surface area (Å²) in [6.45, 7) is 7.94. The monoisotopic (exact) mass is 549 g/mol. The normalized spacial score (nSPS) is 17.0. The van der Waals surface area contributed by atoms with Gasteiger partial charge < -0.3 is 15.0 Å². The Morgan fingerprint density at radius 1 is 1.21 bits per heavy atom. The Morgan fingerprint density at radius 3 is 2.69 bits per heavy atom. The number of carbonyl (C=O) groups excluding carboxylic acids is 1. The van der Waals surface area contributed by atoms with Crippen LogP contribution in [0.4, 0.5) is 0 Å². The molecule has 1 fully saturated rings. The van der Waals surface area contributed by atoms with Crippen LogP contribution < -0.4 is 14.9 Å². The van der Waals surface area contributed by atoms with Crippen molar-refractivity contribution in [3.05, 3.63) is 73.1 Å². The molecule has 1 aliphatic carbocycles. The third-order valence-electron chi connectivity index (χ3n) is 7.97. The van der Waals surface area contributed by atoms with Crippen LogP contribution in [-0.4, -0.2) is 51.7 Å². The van der Waals surface area contributed by atoms with Gasteiger partial charge in [0.15, 0.2) is 0 Å². The standard InChI is InChI=1S/C30H39N5O3S/c1-3-14-35-15-12-21(13-16-35)27(18-28-33-34-30(37)39-28)32-29(36)22-8-10-24(11-9-22)38-19-23-17-20(2)31-26-7-5-4-6-25(23)26/h8-11,17,21,27H,3-7,12-16,18-19H2,1-2H3,(H,32,36)(H,34,37). The van der Waals surface area contributed by atoms with Crippen molar-refractivity contribution in [2.24, 2.45) is 5.92 Å². The molecule has 2 aliphatic rings. The summed E-state index contributed by atoms with van der Waals surface area (Å²) in [5.74, 6) is 0.981. The van der Waals surface area contributed by atoms with Crippen LogP contribution in [0.15, 0.2) is 35.1 Å². The summed E-state index contributed by atoms with van der Waals surface area (Å²) >= 11 is 1.12. The number of likely N-dealkylation sites (tertiary alicyclic amines) is 1. The van der Waals surface area contributed by atoms with E-state index in [1.54, 1.807) is 0 Å². The van der Waals surface area contributed by atoms with Crippen LogP contribution in [0.25, 0.3) is 0 Å². The Balaban J connectivity index is 1.22. The van der Waals surface area contributed by atoms with E-state index in [0.29, 0.717) is 24.5 Å². The Labute approximate surface area is 234 Å². The molecule has 9 heteroatoms. The highest BCUT2D eigenvalue weighted by Gasteiger charge is 2.29. The van der Waals surface area contributed by atoms with Gasteiger partial charge in [-0.2, -0.15) is 5.10 Å². The third kappa shape index (κ3) is 7.13. The van der Waals surface area contributed by atoms with E-state index in [9.17, 15) is 9.59 Å². The van der Waals surface area contributed by atoms with Crippen LogP contribution in [0.3, 0.4) is 0 Å². The van der Waals surface area contributed by atoms with E-state index >= 15 is 0 Å². The SMILES string of the molecule is CCCN1CCC(C(Cc2n[nH]c(=O)s2)NC(=O)c2ccc(OCc3cc(C)nc4c3CCCC4)cc2)CC1. The highest BCUT2D eigenvalue weighted by atomic mass is 32.1. The van der Waals surface area contributed by atoms with E-state index in [0.717, 1.165) is 79.5 Å². The highest BCUT2D eigenvalue weighted by molar-refractivity contribution is 7.08. The molecule has 2 aromatic heterocycles. The molecule has 0 saturated carbocycles. The van der Waals surface area contributed by atoms with E-state index in [4.69, 9.17) is 9.72 Å². The molecule has 208 valence electrons. The van der Waals surface area contributed by atoms with Gasteiger partial charge in [-0.05, 0) is 119 Å². The van der Waals surface area contributed by atoms with Crippen molar-refractivity contribution in [1.29, 1.82) is 0 Å². The molecule has 8 nitrogen and oxygen atoms in total. The topological polar surface area (TPSA) is 100 Å². The Kier molecular flexibility index (Phi) is 9.09. The number of pyridine rings is 1. The number of aryl methyl sites for hydroxylation is 2. The largest absolute Gasteiger partial charge is 0.489 e. The number of aromatic amines is 1. The Bertz CT molecular complexity index is 1310. The number of ether oxygens (including phenoxy) is 1. The maximum absolute atomic E-state index is 13.3. The van der Waals surface area contributed by atoms with Crippen molar-refractivity contribution in [1.82, 2.24) is 25.4 Å². The van der Waals surface area contributed by atoms with Gasteiger partial charge in [0.25, 0.3) is 5.91 Å². The lowest BCUT2D eigenvalue weighted by molar-refractivity contribution is 0.0894. The molecule has 3 heterocycles. The van der Waals surface area contributed by atoms with Gasteiger partial charge >= 0.3 is 4.87 Å². The van der Waals surface area contributed by atoms with Crippen molar-refractivity contribution in [2.75, 3.05) is 19.6 Å². The quantitative estimate of drug-likeness (QED) is 0.388. The Morgan fingerprint density at radius 2 is 1.97 bits per heavy atom. The maximum atomic E-state index is 13.3. The Hall–Kier alpha value is -3.04. The number of H-pyrrole nitrogens is 1. The molecule has 0 spiro atoms. The average Bonchev–Trinajstić information content (AvgIpc) is 3.36. The van der Waals surface area contributed by atoms with Crippen molar-refractivity contribution >= 4 is 17.2 Å². The molecule has 1 unspecified atom stereocenters. The number of piperidine rings is 1. The first-order chi connectivity index (χ1) is 19.0. The fourth-order valence-electron chi connectivity index (χ4n) is 5.95. The second-order valence-electron chi connectivity index (χ2n) is 10.8. The summed E-state index contributed by atoms with van der Waals surface area (Å²) in [6.07, 6.45) is 8.27. The van der Waals surface area contributed by atoms with Crippen molar-refractivity contribution in [3.8, 4) is 5.75 Å². The molecule has 1 aliphatic heterocycles. The van der Waals surface area contributed by atoms with Crippen molar-refractivity contribution < 1.29 is 9.53 Å². The number of hydrogen-bond acceptors (Lipinski definition) is 7. The number of nitrogens with one attached hydrogen (secondary N) is 2. The van der Waals surface area contributed by atoms with E-state index < -0.39 is 0 Å². The van der Waals surface area contributed by atoms with E-state index in [2.05, 4.69) is 33.4 Å². The predicted octanol–water partition coefficient (Wildman–Crippen LogP) is 4.46. The average molecular weight is 550 g/mol. The number of amides is 1. The first kappa shape index (κ1) is 27.5. The fraction of sp³-hybridized carbons (Fsp3) is 0.533. The van der Waals surface area contributed by atoms with Gasteiger partial charge in [-0.3, -0.25) is 14.6 Å². The van der Waals surface area contributed by atoms with E-state index in [1.807, 2.05) is 31.2 Å². The number of hydrogen-bond donors (Lipinski definition) is 2. The molecule has 1 amide bonds. The number of fused-ring (bicyclic) bond motifs is 1. The molecule has 1 saturated heterocycles. The first-order valence-corrected chi connectivity index (χ1v) is 15.1. The number of benzene rings is 1. The van der Waals surface area contributed by atoms with Crippen LogP contribution in [0.2, 0.25) is 0 Å². The second kappa shape index (κ2) is 12.9. The molecule has 3 aromatic rings. The summed E-state index contributed by atoms with van der Waals surface area (Å²) < 4.78 is 6.13. The predicted molar refractivity (Wildman–Crippen MR) is 154 cm³/mol. The lowest BCUT2D eigenvalue weighted by Crippen LogP contribution is -2.46. The molecule has 39 heavy (non-hydrogen) atoms. The van der Waals surface area contributed by atoms with Gasteiger partial charge in [0.1, 0.15) is 17.4 Å². The summed E-state index contributed by atoms with van der Waals surface area (Å²) in [5, 5.41) is 10.7. The van der Waals surface area contributed by atoms with E-state index in [1.165, 1.54) is 29.7 Å². The number of rotatable bonds is 10. The minimum absolute atomic E-state index is 0.0720. The van der Waals surface area contributed by atoms with Crippen LogP contribution in [-0.2, 0) is 25.9 Å². The van der Waals surface area contributed by atoms with Crippen molar-refractivity contribution in [3.63, 3.8) is 0 Å². The number of aromatic nitrogens is 3. The minimum atomic E-state index is -0.161. The molecular formula is C30H39N5O3S. The lowest BCUT2D eigenvalue weighted by Gasteiger charge is -2.36. The third-order valence-corrected chi connectivity index (χ3v) is 8.74. The zero-order chi connectivity index (χ0) is 27.2. The van der Waals surface area contributed by atoms with E-state index in [-0.39, 0.29) is 16.8 Å². The summed E-state index contributed by atoms with van der Waals surface area (Å²) in [6, 6.07) is 9.45. The molecule has 1 atom stereocenters. The van der Waals surface area contributed by atoms with Crippen LogP contribution in [0.1, 0.15) is 76.9 Å². The zero-order valence-corrected chi connectivity index (χ0v) is 23.8. The molecular weight excluding hydrogens is 510 g/mol. The van der Waals surface area contributed by atoms with Gasteiger partial charge in [0, 0.05) is 29.4 Å². The highest BCUT2D eigenvalue weighted by Crippen LogP contribution is 2.26. The van der Waals surface area contributed by atoms with Crippen LogP contribution >= 0.6 is 11.3 Å². The van der Waals surface area contributed by atoms with Gasteiger partial charge in [0.2, 0.25) is 0 Å². The molecule has 0 bridgehead atoms. The summed E-state index contributed by atoms with van der Waals surface area (Å²) in [5.41, 5.74) is 5.42. The first-order valence-electron chi connectivity index (χ1n) is 14.3. The van der Waals surface area contributed by atoms with Gasteiger partial charge in [-0.25, -0.2) is 5.10 Å². The molecule has 1 aromatic carbocycles. The summed E-state index contributed by atoms with van der Waals surface area (Å²) in [7, 11) is 0. The molecule has 0 radical (unpaired) electrons. The summed E-state index contributed by atoms with van der Waals surface area (Å²) in [4.78, 5) is 32.0. The number of carbonyl (C=O) groups is 1. The van der Waals surface area contributed by atoms with Gasteiger partial charge in [-0.15, -0.1) is 0 Å². The van der Waals surface area contributed by atoms with Gasteiger partial charge in [0.05, 0.1) is 0 Å². The van der Waals surface area contributed by atoms with Crippen LogP contribution in [0.5, 0.6) is 5.75 Å². The molecule has 5 rings (SSSR count). The van der Waals surface area contributed by atoms with Crippen molar-refractivity contribution in [2.45, 2.75) is 77.9 Å². The minimum Gasteiger partial charge on any atom is -0.489 e. The fourth-order valence-corrected chi connectivity index (χ4v) is 6.61. The smallest absolute Gasteiger partial charge is 0.322 e. The van der Waals surface area contributed by atoms with Gasteiger partial charge in [-0.1, -0.05) is 18.3 Å². The lowest BCUT2D eigenvalue weighted by atomic mass is 9.87. The second-order valence-corrected chi connectivity index (χ2v) is 11.9. The number of nitrogens with zero attached hydrogens (tertiary/aromatic N) is 3. The maximum Gasteiger partial charge on any atom is 0.322 e. The zero-order valence-electron chi connectivity index (χ0n) is 23.0. The molecule has 2 N–H and O–H groups in total.